The molecular weight excluding hydrogens is 230 g/mol. The number of hydrogen-bond acceptors (Lipinski definition) is 3. The summed E-state index contributed by atoms with van der Waals surface area (Å²) >= 11 is 1.86. The Kier molecular flexibility index (Phi) is 6.03. The number of aliphatic hydroxyl groups excluding tert-OH is 1. The topological polar surface area (TPSA) is 23.5 Å². The van der Waals surface area contributed by atoms with E-state index in [1.165, 1.54) is 5.56 Å². The van der Waals surface area contributed by atoms with E-state index in [-0.39, 0.29) is 12.0 Å². The van der Waals surface area contributed by atoms with Gasteiger partial charge in [-0.25, -0.2) is 0 Å². The van der Waals surface area contributed by atoms with Gasteiger partial charge in [-0.1, -0.05) is 37.3 Å². The minimum atomic E-state index is -0.172. The van der Waals surface area contributed by atoms with E-state index in [4.69, 9.17) is 0 Å². The van der Waals surface area contributed by atoms with Crippen LogP contribution in [0.25, 0.3) is 0 Å². The second kappa shape index (κ2) is 7.04. The fraction of sp³-hybridized carbons (Fsp3) is 0.571. The van der Waals surface area contributed by atoms with Crippen LogP contribution >= 0.6 is 11.8 Å². The van der Waals surface area contributed by atoms with Crippen molar-refractivity contribution in [2.24, 2.45) is 0 Å². The molecule has 1 atom stereocenters. The molecule has 3 heteroatoms. The van der Waals surface area contributed by atoms with Gasteiger partial charge in [-0.2, -0.15) is 11.8 Å². The highest BCUT2D eigenvalue weighted by atomic mass is 32.2. The molecule has 0 spiro atoms. The predicted molar refractivity (Wildman–Crippen MR) is 76.8 cm³/mol. The van der Waals surface area contributed by atoms with E-state index in [0.717, 1.165) is 18.8 Å². The molecule has 17 heavy (non-hydrogen) atoms. The molecule has 0 bridgehead atoms. The number of hydrogen-bond donors (Lipinski definition) is 1. The zero-order chi connectivity index (χ0) is 12.7. The van der Waals surface area contributed by atoms with Crippen molar-refractivity contribution in [3.05, 3.63) is 35.9 Å². The summed E-state index contributed by atoms with van der Waals surface area (Å²) in [4.78, 5) is 2.29. The van der Waals surface area contributed by atoms with Gasteiger partial charge >= 0.3 is 0 Å². The quantitative estimate of drug-likeness (QED) is 0.806. The third-order valence-corrected chi connectivity index (χ3v) is 3.71. The Morgan fingerprint density at radius 1 is 1.29 bits per heavy atom. The number of rotatable bonds is 7. The van der Waals surface area contributed by atoms with Gasteiger partial charge in [0.05, 0.1) is 6.61 Å². The average molecular weight is 253 g/mol. The smallest absolute Gasteiger partial charge is 0.0537 e. The lowest BCUT2D eigenvalue weighted by molar-refractivity contribution is 0.162. The van der Waals surface area contributed by atoms with Gasteiger partial charge in [0.2, 0.25) is 0 Å². The standard InChI is InChI=1S/C14H23NOS/c1-14(12-16,11-15(2)9-10-17-3)13-7-5-4-6-8-13/h4-8,16H,9-12H2,1-3H3. The number of benzene rings is 1. The lowest BCUT2D eigenvalue weighted by Gasteiger charge is -2.32. The Balaban J connectivity index is 2.69. The van der Waals surface area contributed by atoms with Crippen molar-refractivity contribution < 1.29 is 5.11 Å². The molecule has 0 aromatic heterocycles. The summed E-state index contributed by atoms with van der Waals surface area (Å²) in [5, 5.41) is 9.68. The number of likely N-dealkylation sites (N-methyl/N-ethyl adjacent to an activating group) is 1. The maximum absolute atomic E-state index is 9.68. The first kappa shape index (κ1) is 14.6. The molecule has 0 aliphatic carbocycles. The highest BCUT2D eigenvalue weighted by Gasteiger charge is 2.27. The lowest BCUT2D eigenvalue weighted by atomic mass is 9.83. The van der Waals surface area contributed by atoms with E-state index in [1.807, 2.05) is 30.0 Å². The summed E-state index contributed by atoms with van der Waals surface area (Å²) in [5.74, 6) is 1.13. The molecule has 0 saturated carbocycles. The summed E-state index contributed by atoms with van der Waals surface area (Å²) < 4.78 is 0. The van der Waals surface area contributed by atoms with Crippen LogP contribution in [-0.4, -0.2) is 48.8 Å². The van der Waals surface area contributed by atoms with Gasteiger partial charge in [0.15, 0.2) is 0 Å². The van der Waals surface area contributed by atoms with E-state index in [1.54, 1.807) is 0 Å². The monoisotopic (exact) mass is 253 g/mol. The highest BCUT2D eigenvalue weighted by molar-refractivity contribution is 7.98. The fourth-order valence-corrected chi connectivity index (χ4v) is 2.49. The van der Waals surface area contributed by atoms with Crippen LogP contribution in [0.3, 0.4) is 0 Å². The Bertz CT molecular complexity index is 317. The first-order valence-electron chi connectivity index (χ1n) is 5.96. The molecule has 0 amide bonds. The molecule has 1 aromatic rings. The molecule has 0 heterocycles. The van der Waals surface area contributed by atoms with Gasteiger partial charge in [0.25, 0.3) is 0 Å². The Labute approximate surface area is 109 Å². The van der Waals surface area contributed by atoms with Crippen LogP contribution in [0.2, 0.25) is 0 Å². The van der Waals surface area contributed by atoms with Crippen LogP contribution in [0.15, 0.2) is 30.3 Å². The van der Waals surface area contributed by atoms with Gasteiger partial charge in [0.1, 0.15) is 0 Å². The molecule has 1 rings (SSSR count). The van der Waals surface area contributed by atoms with Crippen molar-refractivity contribution in [2.45, 2.75) is 12.3 Å². The lowest BCUT2D eigenvalue weighted by Crippen LogP contribution is -2.40. The van der Waals surface area contributed by atoms with Gasteiger partial charge < -0.3 is 10.0 Å². The molecule has 1 N–H and O–H groups in total. The molecule has 0 aliphatic rings. The van der Waals surface area contributed by atoms with Crippen molar-refractivity contribution in [2.75, 3.05) is 38.8 Å². The maximum atomic E-state index is 9.68. The summed E-state index contributed by atoms with van der Waals surface area (Å²) in [6.45, 7) is 4.25. The van der Waals surface area contributed by atoms with Crippen molar-refractivity contribution in [1.82, 2.24) is 4.90 Å². The molecule has 0 aliphatic heterocycles. The minimum absolute atomic E-state index is 0.172. The van der Waals surface area contributed by atoms with Gasteiger partial charge in [0, 0.05) is 24.3 Å². The Morgan fingerprint density at radius 3 is 2.47 bits per heavy atom. The number of aliphatic hydroxyl groups is 1. The zero-order valence-corrected chi connectivity index (χ0v) is 11.8. The normalized spacial score (nSPS) is 14.9. The van der Waals surface area contributed by atoms with E-state index in [9.17, 15) is 5.11 Å². The third-order valence-electron chi connectivity index (χ3n) is 3.12. The summed E-state index contributed by atoms with van der Waals surface area (Å²) in [6, 6.07) is 10.3. The third kappa shape index (κ3) is 4.34. The van der Waals surface area contributed by atoms with Crippen LogP contribution in [0.5, 0.6) is 0 Å². The predicted octanol–water partition coefficient (Wildman–Crippen LogP) is 2.23. The van der Waals surface area contributed by atoms with E-state index in [0.29, 0.717) is 0 Å². The largest absolute Gasteiger partial charge is 0.395 e. The van der Waals surface area contributed by atoms with Gasteiger partial charge in [-0.15, -0.1) is 0 Å². The van der Waals surface area contributed by atoms with Gasteiger partial charge in [-0.3, -0.25) is 0 Å². The van der Waals surface area contributed by atoms with Crippen LogP contribution in [0.4, 0.5) is 0 Å². The van der Waals surface area contributed by atoms with Crippen LogP contribution in [0.1, 0.15) is 12.5 Å². The van der Waals surface area contributed by atoms with Crippen LogP contribution in [0, 0.1) is 0 Å². The molecule has 0 fully saturated rings. The van der Waals surface area contributed by atoms with E-state index >= 15 is 0 Å². The zero-order valence-electron chi connectivity index (χ0n) is 11.0. The SMILES string of the molecule is CSCCN(C)CC(C)(CO)c1ccccc1. The van der Waals surface area contributed by atoms with Crippen LogP contribution < -0.4 is 0 Å². The molecule has 2 nitrogen and oxygen atoms in total. The van der Waals surface area contributed by atoms with Crippen molar-refractivity contribution in [3.63, 3.8) is 0 Å². The molecule has 96 valence electrons. The summed E-state index contributed by atoms with van der Waals surface area (Å²) in [7, 11) is 2.12. The second-order valence-corrected chi connectivity index (χ2v) is 5.80. The summed E-state index contributed by atoms with van der Waals surface area (Å²) in [6.07, 6.45) is 2.12. The highest BCUT2D eigenvalue weighted by Crippen LogP contribution is 2.23. The van der Waals surface area contributed by atoms with E-state index < -0.39 is 0 Å². The molecule has 0 saturated heterocycles. The van der Waals surface area contributed by atoms with Gasteiger partial charge in [-0.05, 0) is 18.9 Å². The number of thioether (sulfide) groups is 1. The van der Waals surface area contributed by atoms with E-state index in [2.05, 4.69) is 37.3 Å². The average Bonchev–Trinajstić information content (AvgIpc) is 2.37. The molecule has 0 radical (unpaired) electrons. The molecular formula is C14H23NOS. The minimum Gasteiger partial charge on any atom is -0.395 e. The second-order valence-electron chi connectivity index (χ2n) is 4.82. The number of nitrogens with zero attached hydrogens (tertiary/aromatic N) is 1. The molecule has 1 aromatic carbocycles. The first-order valence-corrected chi connectivity index (χ1v) is 7.35. The fourth-order valence-electron chi connectivity index (χ4n) is 2.00. The van der Waals surface area contributed by atoms with Crippen molar-refractivity contribution >= 4 is 11.8 Å². The summed E-state index contributed by atoms with van der Waals surface area (Å²) in [5.41, 5.74) is 1.03. The first-order chi connectivity index (χ1) is 8.12. The van der Waals surface area contributed by atoms with Crippen LogP contribution in [-0.2, 0) is 5.41 Å². The molecule has 1 unspecified atom stereocenters. The van der Waals surface area contributed by atoms with Crippen molar-refractivity contribution in [1.29, 1.82) is 0 Å². The Morgan fingerprint density at radius 2 is 1.94 bits per heavy atom. The maximum Gasteiger partial charge on any atom is 0.0537 e. The Hall–Kier alpha value is -0.510. The van der Waals surface area contributed by atoms with Crippen molar-refractivity contribution in [3.8, 4) is 0 Å².